The van der Waals surface area contributed by atoms with E-state index in [9.17, 15) is 18.7 Å². The Morgan fingerprint density at radius 3 is 2.40 bits per heavy atom. The van der Waals surface area contributed by atoms with Crippen LogP contribution in [0, 0.1) is 0 Å². The van der Waals surface area contributed by atoms with Crippen molar-refractivity contribution in [3.05, 3.63) is 95.3 Å². The van der Waals surface area contributed by atoms with E-state index >= 15 is 0 Å². The topological polar surface area (TPSA) is 77.8 Å². The SMILES string of the molecule is C=C(O)/C=C\C(=C/C)C1C(c2ccc(P)cc2)N=C(c2ccc(C(C)(F)F)cc2OC)N1C(=O)N1CCN(CCCOC)CC1. The molecule has 1 fully saturated rings. The summed E-state index contributed by atoms with van der Waals surface area (Å²) >= 11 is 0. The van der Waals surface area contributed by atoms with Crippen molar-refractivity contribution in [2.75, 3.05) is 53.6 Å². The van der Waals surface area contributed by atoms with Gasteiger partial charge in [-0.1, -0.05) is 49.1 Å². The van der Waals surface area contributed by atoms with Crippen LogP contribution in [-0.2, 0) is 10.7 Å². The molecule has 0 saturated carbocycles. The number of carbonyl (C=O) groups is 1. The quantitative estimate of drug-likeness (QED) is 0.145. The van der Waals surface area contributed by atoms with Gasteiger partial charge in [0.2, 0.25) is 0 Å². The minimum Gasteiger partial charge on any atom is -0.509 e. The molecule has 2 aliphatic heterocycles. The van der Waals surface area contributed by atoms with E-state index in [0.717, 1.165) is 36.3 Å². The van der Waals surface area contributed by atoms with Crippen molar-refractivity contribution in [2.24, 2.45) is 4.99 Å². The lowest BCUT2D eigenvalue weighted by atomic mass is 9.92. The summed E-state index contributed by atoms with van der Waals surface area (Å²) in [5, 5.41) is 10.9. The highest BCUT2D eigenvalue weighted by atomic mass is 31.0. The fraction of sp³-hybridized carbons (Fsp3) is 0.412. The Labute approximate surface area is 266 Å². The lowest BCUT2D eigenvalue weighted by molar-refractivity contribution is 0.0172. The van der Waals surface area contributed by atoms with Crippen LogP contribution in [-0.4, -0.2) is 91.3 Å². The van der Waals surface area contributed by atoms with E-state index in [-0.39, 0.29) is 23.1 Å². The Hall–Kier alpha value is -3.59. The van der Waals surface area contributed by atoms with Crippen molar-refractivity contribution in [3.8, 4) is 5.75 Å². The van der Waals surface area contributed by atoms with E-state index in [1.54, 1.807) is 24.2 Å². The van der Waals surface area contributed by atoms with Gasteiger partial charge in [-0.25, -0.2) is 13.6 Å². The number of alkyl halides is 2. The Kier molecular flexibility index (Phi) is 11.5. The van der Waals surface area contributed by atoms with E-state index in [2.05, 4.69) is 20.7 Å². The number of hydrogen-bond donors (Lipinski definition) is 1. The first kappa shape index (κ1) is 34.3. The number of aliphatic hydroxyl groups excluding tert-OH is 1. The maximum absolute atomic E-state index is 14.6. The minimum absolute atomic E-state index is 0.127. The van der Waals surface area contributed by atoms with Crippen LogP contribution >= 0.6 is 9.24 Å². The first-order valence-electron chi connectivity index (χ1n) is 15.0. The van der Waals surface area contributed by atoms with Crippen LogP contribution in [0.3, 0.4) is 0 Å². The molecule has 242 valence electrons. The maximum atomic E-state index is 14.6. The van der Waals surface area contributed by atoms with Gasteiger partial charge in [0.25, 0.3) is 5.92 Å². The van der Waals surface area contributed by atoms with Crippen molar-refractivity contribution in [1.82, 2.24) is 14.7 Å². The number of amidine groups is 1. The molecule has 0 radical (unpaired) electrons. The molecule has 2 aromatic rings. The first-order valence-corrected chi connectivity index (χ1v) is 15.6. The number of urea groups is 1. The van der Waals surface area contributed by atoms with Crippen LogP contribution in [0.25, 0.3) is 0 Å². The summed E-state index contributed by atoms with van der Waals surface area (Å²) in [6, 6.07) is 10.6. The summed E-state index contributed by atoms with van der Waals surface area (Å²) < 4.78 is 39.5. The van der Waals surface area contributed by atoms with Crippen LogP contribution in [0.15, 0.2) is 83.6 Å². The summed E-state index contributed by atoms with van der Waals surface area (Å²) in [5.74, 6) is -2.69. The standard InChI is InChI=1S/C34H43F2N4O4P/c1-6-24(9-8-23(2)41)31-30(25-10-13-27(45)14-11-25)37-32(28-15-12-26(34(3,35)36)22-29(28)44-5)40(31)33(42)39-19-17-38(18-20-39)16-7-21-43-4/h6,8-15,22,30-31,41H,2,7,16-21,45H2,1,3-5H3/b9-8-,24-6+. The summed E-state index contributed by atoms with van der Waals surface area (Å²) in [4.78, 5) is 25.5. The van der Waals surface area contributed by atoms with Crippen LogP contribution in [0.2, 0.25) is 0 Å². The Morgan fingerprint density at radius 2 is 1.82 bits per heavy atom. The van der Waals surface area contributed by atoms with Gasteiger partial charge in [-0.05, 0) is 48.0 Å². The molecule has 11 heteroatoms. The van der Waals surface area contributed by atoms with Gasteiger partial charge in [-0.15, -0.1) is 9.24 Å². The predicted molar refractivity (Wildman–Crippen MR) is 178 cm³/mol. The molecular weight excluding hydrogens is 597 g/mol. The van der Waals surface area contributed by atoms with Gasteiger partial charge >= 0.3 is 6.03 Å². The normalized spacial score (nSPS) is 19.7. The Balaban J connectivity index is 1.83. The van der Waals surface area contributed by atoms with E-state index in [1.807, 2.05) is 42.2 Å². The number of aliphatic hydroxyl groups is 1. The third-order valence-corrected chi connectivity index (χ3v) is 8.49. The highest BCUT2D eigenvalue weighted by molar-refractivity contribution is 7.27. The highest BCUT2D eigenvalue weighted by Gasteiger charge is 2.45. The second-order valence-electron chi connectivity index (χ2n) is 11.3. The molecule has 2 amide bonds. The molecule has 3 unspecified atom stereocenters. The van der Waals surface area contributed by atoms with E-state index in [0.29, 0.717) is 44.2 Å². The average Bonchev–Trinajstić information content (AvgIpc) is 3.41. The largest absolute Gasteiger partial charge is 0.509 e. The van der Waals surface area contributed by atoms with Crippen LogP contribution < -0.4 is 10.0 Å². The number of carbonyl (C=O) groups excluding carboxylic acids is 1. The summed E-state index contributed by atoms with van der Waals surface area (Å²) in [5.41, 5.74) is 1.82. The van der Waals surface area contributed by atoms with E-state index < -0.39 is 18.0 Å². The second kappa shape index (κ2) is 15.1. The molecule has 3 atom stereocenters. The number of piperazine rings is 1. The number of aliphatic imine (C=N–C) groups is 1. The molecule has 2 aromatic carbocycles. The fourth-order valence-electron chi connectivity index (χ4n) is 5.68. The molecule has 8 nitrogen and oxygen atoms in total. The number of benzene rings is 2. The molecule has 0 bridgehead atoms. The van der Waals surface area contributed by atoms with Gasteiger partial charge in [0.1, 0.15) is 23.4 Å². The molecule has 1 N–H and O–H groups in total. The zero-order chi connectivity index (χ0) is 32.7. The maximum Gasteiger partial charge on any atom is 0.326 e. The molecule has 1 saturated heterocycles. The highest BCUT2D eigenvalue weighted by Crippen LogP contribution is 2.41. The number of rotatable bonds is 11. The smallest absolute Gasteiger partial charge is 0.326 e. The molecule has 2 aliphatic rings. The van der Waals surface area contributed by atoms with Crippen molar-refractivity contribution >= 4 is 26.4 Å². The van der Waals surface area contributed by atoms with Crippen LogP contribution in [0.1, 0.15) is 43.0 Å². The predicted octanol–water partition coefficient (Wildman–Crippen LogP) is 5.83. The van der Waals surface area contributed by atoms with Crippen LogP contribution in [0.5, 0.6) is 5.75 Å². The minimum atomic E-state index is -3.08. The Morgan fingerprint density at radius 1 is 1.13 bits per heavy atom. The molecule has 2 heterocycles. The molecule has 4 rings (SSSR count). The molecule has 0 aliphatic carbocycles. The number of allylic oxidation sites excluding steroid dienone is 2. The van der Waals surface area contributed by atoms with Gasteiger partial charge in [-0.2, -0.15) is 0 Å². The fourth-order valence-corrected chi connectivity index (χ4v) is 5.87. The monoisotopic (exact) mass is 640 g/mol. The molecule has 45 heavy (non-hydrogen) atoms. The Bertz CT molecular complexity index is 1450. The van der Waals surface area contributed by atoms with Crippen molar-refractivity contribution in [3.63, 3.8) is 0 Å². The third-order valence-electron chi connectivity index (χ3n) is 8.11. The lowest BCUT2D eigenvalue weighted by Crippen LogP contribution is -2.56. The number of nitrogens with zero attached hydrogens (tertiary/aromatic N) is 4. The molecule has 0 aromatic heterocycles. The number of methoxy groups -OCH3 is 2. The summed E-state index contributed by atoms with van der Waals surface area (Å²) in [7, 11) is 5.77. The van der Waals surface area contributed by atoms with Crippen LogP contribution in [0.4, 0.5) is 13.6 Å². The molecular formula is C34H43F2N4O4P. The van der Waals surface area contributed by atoms with Gasteiger partial charge in [0, 0.05) is 58.9 Å². The van der Waals surface area contributed by atoms with Crippen molar-refractivity contribution in [1.29, 1.82) is 0 Å². The number of amides is 2. The van der Waals surface area contributed by atoms with Gasteiger partial charge in [0.15, 0.2) is 0 Å². The zero-order valence-corrected chi connectivity index (χ0v) is 27.5. The zero-order valence-electron chi connectivity index (χ0n) is 26.4. The summed E-state index contributed by atoms with van der Waals surface area (Å²) in [6.07, 6.45) is 6.00. The van der Waals surface area contributed by atoms with Gasteiger partial charge < -0.3 is 19.5 Å². The first-order chi connectivity index (χ1) is 21.5. The molecule has 0 spiro atoms. The van der Waals surface area contributed by atoms with Gasteiger partial charge in [-0.3, -0.25) is 14.8 Å². The summed E-state index contributed by atoms with van der Waals surface area (Å²) in [6.45, 7) is 10.3. The van der Waals surface area contributed by atoms with Gasteiger partial charge in [0.05, 0.1) is 18.7 Å². The number of ether oxygens (including phenoxy) is 2. The van der Waals surface area contributed by atoms with Crippen molar-refractivity contribution < 1.29 is 28.2 Å². The van der Waals surface area contributed by atoms with E-state index in [4.69, 9.17) is 14.5 Å². The van der Waals surface area contributed by atoms with E-state index in [1.165, 1.54) is 25.3 Å². The average molecular weight is 641 g/mol. The number of hydrogen-bond acceptors (Lipinski definition) is 6. The number of halogens is 2. The van der Waals surface area contributed by atoms with Crippen molar-refractivity contribution in [2.45, 2.75) is 38.3 Å². The second-order valence-corrected chi connectivity index (χ2v) is 11.9. The lowest BCUT2D eigenvalue weighted by Gasteiger charge is -2.39. The third kappa shape index (κ3) is 8.17.